The summed E-state index contributed by atoms with van der Waals surface area (Å²) < 4.78 is 33.6. The van der Waals surface area contributed by atoms with E-state index in [0.717, 1.165) is 77.5 Å². The topological polar surface area (TPSA) is 9.86 Å². The van der Waals surface area contributed by atoms with Gasteiger partial charge in [-0.2, -0.15) is 0 Å². The molecule has 2 heterocycles. The minimum Gasteiger partial charge on any atom is -0.309 e. The molecule has 0 amide bonds. The van der Waals surface area contributed by atoms with Gasteiger partial charge in [0.25, 0.3) is 0 Å². The van der Waals surface area contributed by atoms with E-state index in [0.29, 0.717) is 16.5 Å². The summed E-state index contributed by atoms with van der Waals surface area (Å²) in [6.45, 7) is 0. The fraction of sp³-hybridized carbons (Fsp3) is 0. The summed E-state index contributed by atoms with van der Waals surface area (Å²) in [7, 11) is 0. The Hall–Kier alpha value is -8.20. The van der Waals surface area contributed by atoms with Crippen LogP contribution in [-0.4, -0.2) is 9.13 Å². The molecule has 0 unspecified atom stereocenters. The van der Waals surface area contributed by atoms with Crippen molar-refractivity contribution >= 4 is 43.6 Å². The second-order valence-corrected chi connectivity index (χ2v) is 15.9. The smallest absolute Gasteiger partial charge is 0.0645 e. The van der Waals surface area contributed by atoms with Crippen molar-refractivity contribution in [2.24, 2.45) is 0 Å². The highest BCUT2D eigenvalue weighted by molar-refractivity contribution is 6.13. The molecule has 2 aromatic heterocycles. The quantitative estimate of drug-likeness (QED) is 0.152. The van der Waals surface area contributed by atoms with Gasteiger partial charge in [-0.25, -0.2) is 0 Å². The minimum atomic E-state index is 0.0339. The molecule has 0 fully saturated rings. The zero-order valence-electron chi connectivity index (χ0n) is 36.8. The Morgan fingerprint density at radius 3 is 1.40 bits per heavy atom. The molecule has 0 atom stereocenters. The van der Waals surface area contributed by atoms with Crippen LogP contribution in [0.15, 0.2) is 243 Å². The van der Waals surface area contributed by atoms with E-state index in [1.165, 1.54) is 16.7 Å². The summed E-state index contributed by atoms with van der Waals surface area (Å²) >= 11 is 0. The van der Waals surface area contributed by atoms with E-state index < -0.39 is 0 Å². The molecule has 290 valence electrons. The zero-order chi connectivity index (χ0) is 43.6. The Morgan fingerprint density at radius 2 is 0.710 bits per heavy atom. The van der Waals surface area contributed by atoms with Gasteiger partial charge in [-0.1, -0.05) is 182 Å². The fourth-order valence-electron chi connectivity index (χ4n) is 9.18. The lowest BCUT2D eigenvalue weighted by atomic mass is 9.98. The normalized spacial score (nSPS) is 12.2. The minimum absolute atomic E-state index is 0.0339. The lowest BCUT2D eigenvalue weighted by molar-refractivity contribution is 1.18. The van der Waals surface area contributed by atoms with Gasteiger partial charge in [0.15, 0.2) is 0 Å². The van der Waals surface area contributed by atoms with Crippen molar-refractivity contribution in [2.45, 2.75) is 0 Å². The summed E-state index contributed by atoms with van der Waals surface area (Å²) in [5, 5.41) is 3.64. The standard InChI is InChI=1S/C60H40N2/c1-4-13-41(14-5-1)44-23-25-46(26-24-44)50-29-34-54-56-39-49(30-35-58(56)61(60(54)40-50)51-32-27-45(28-33-51)42-15-6-2-7-16-42)48-31-36-59-55(38-48)53-21-10-11-22-57(53)62(59)52-20-12-19-47(37-52)43-17-8-3-9-18-43/h1-40H/i31D,36D,38D. The van der Waals surface area contributed by atoms with Crippen LogP contribution in [0.1, 0.15) is 4.11 Å². The van der Waals surface area contributed by atoms with Gasteiger partial charge >= 0.3 is 0 Å². The number of aromatic nitrogens is 2. The zero-order valence-corrected chi connectivity index (χ0v) is 33.8. The van der Waals surface area contributed by atoms with E-state index in [2.05, 4.69) is 161 Å². The van der Waals surface area contributed by atoms with E-state index in [1.807, 2.05) is 72.8 Å². The molecule has 0 radical (unpaired) electrons. The van der Waals surface area contributed by atoms with Crippen LogP contribution < -0.4 is 0 Å². The number of rotatable bonds is 7. The van der Waals surface area contributed by atoms with Gasteiger partial charge in [0.05, 0.1) is 26.2 Å². The maximum absolute atomic E-state index is 9.92. The molecule has 0 N–H and O–H groups in total. The van der Waals surface area contributed by atoms with Crippen LogP contribution >= 0.6 is 0 Å². The molecule has 0 aliphatic heterocycles. The number of nitrogens with zero attached hydrogens (tertiary/aromatic N) is 2. The van der Waals surface area contributed by atoms with Gasteiger partial charge in [0.1, 0.15) is 0 Å². The maximum Gasteiger partial charge on any atom is 0.0645 e. The third-order valence-corrected chi connectivity index (χ3v) is 12.3. The molecular formula is C60H40N2. The lowest BCUT2D eigenvalue weighted by Crippen LogP contribution is -1.94. The summed E-state index contributed by atoms with van der Waals surface area (Å²) in [4.78, 5) is 0. The predicted octanol–water partition coefficient (Wildman–Crippen LogP) is 16.2. The molecule has 0 saturated heterocycles. The second kappa shape index (κ2) is 14.8. The van der Waals surface area contributed by atoms with Crippen LogP contribution in [0.2, 0.25) is 0 Å². The van der Waals surface area contributed by atoms with Crippen LogP contribution in [-0.2, 0) is 0 Å². The average Bonchev–Trinajstić information content (AvgIpc) is 3.90. The van der Waals surface area contributed by atoms with E-state index in [4.69, 9.17) is 0 Å². The van der Waals surface area contributed by atoms with E-state index in [9.17, 15) is 4.11 Å². The monoisotopic (exact) mass is 791 g/mol. The summed E-state index contributed by atoms with van der Waals surface area (Å²) in [5.41, 5.74) is 15.7. The van der Waals surface area contributed by atoms with Gasteiger partial charge in [-0.3, -0.25) is 0 Å². The Morgan fingerprint density at radius 1 is 0.242 bits per heavy atom. The van der Waals surface area contributed by atoms with E-state index in [1.54, 1.807) is 0 Å². The molecule has 0 spiro atoms. The second-order valence-electron chi connectivity index (χ2n) is 15.9. The van der Waals surface area contributed by atoms with Gasteiger partial charge in [0, 0.05) is 32.9 Å². The van der Waals surface area contributed by atoms with Crippen LogP contribution in [0.3, 0.4) is 0 Å². The summed E-state index contributed by atoms with van der Waals surface area (Å²) in [5.74, 6) is 0. The van der Waals surface area contributed by atoms with E-state index in [-0.39, 0.29) is 18.1 Å². The first-order chi connectivity index (χ1) is 32.0. The molecule has 62 heavy (non-hydrogen) atoms. The highest BCUT2D eigenvalue weighted by atomic mass is 15.0. The third kappa shape index (κ3) is 6.12. The van der Waals surface area contributed by atoms with Crippen LogP contribution in [0, 0.1) is 0 Å². The highest BCUT2D eigenvalue weighted by Gasteiger charge is 2.18. The predicted molar refractivity (Wildman–Crippen MR) is 262 cm³/mol. The molecule has 10 aromatic carbocycles. The molecule has 12 rings (SSSR count). The first-order valence-corrected chi connectivity index (χ1v) is 21.1. The van der Waals surface area contributed by atoms with E-state index >= 15 is 0 Å². The lowest BCUT2D eigenvalue weighted by Gasteiger charge is -2.11. The van der Waals surface area contributed by atoms with Crippen molar-refractivity contribution in [3.05, 3.63) is 243 Å². The van der Waals surface area contributed by atoms with Crippen LogP contribution in [0.5, 0.6) is 0 Å². The van der Waals surface area contributed by atoms with Crippen molar-refractivity contribution < 1.29 is 4.11 Å². The molecule has 0 aliphatic rings. The fourth-order valence-corrected chi connectivity index (χ4v) is 9.18. The van der Waals surface area contributed by atoms with Gasteiger partial charge in [0.2, 0.25) is 0 Å². The van der Waals surface area contributed by atoms with Crippen LogP contribution in [0.4, 0.5) is 0 Å². The molecular weight excluding hydrogens is 749 g/mol. The van der Waals surface area contributed by atoms with Crippen LogP contribution in [0.25, 0.3) is 111 Å². The van der Waals surface area contributed by atoms with Crippen molar-refractivity contribution in [2.75, 3.05) is 0 Å². The molecule has 2 nitrogen and oxygen atoms in total. The van der Waals surface area contributed by atoms with Gasteiger partial charge in [-0.05, 0) is 116 Å². The van der Waals surface area contributed by atoms with Gasteiger partial charge in [-0.15, -0.1) is 0 Å². The molecule has 12 aromatic rings. The Labute approximate surface area is 365 Å². The molecule has 0 aliphatic carbocycles. The number of fused-ring (bicyclic) bond motifs is 6. The summed E-state index contributed by atoms with van der Waals surface area (Å²) in [6, 6.07) is 78.3. The average molecular weight is 792 g/mol. The number of para-hydroxylation sites is 1. The first kappa shape index (κ1) is 32.6. The van der Waals surface area contributed by atoms with Crippen molar-refractivity contribution in [1.29, 1.82) is 0 Å². The number of benzene rings is 10. The third-order valence-electron chi connectivity index (χ3n) is 12.3. The Balaban J connectivity index is 1.04. The Kier molecular flexibility index (Phi) is 7.79. The summed E-state index contributed by atoms with van der Waals surface area (Å²) in [6.07, 6.45) is 0. The number of hydrogen-bond donors (Lipinski definition) is 0. The van der Waals surface area contributed by atoms with Crippen molar-refractivity contribution in [3.63, 3.8) is 0 Å². The SMILES string of the molecule is [2H]c1c(-c2ccc3c(c2)c2ccc(-c4ccc(-c5ccccc5)cc4)cc2n3-c2ccc(-c3ccccc3)cc2)c([2H])c2c3ccccc3n(-c3cccc(-c4ccccc4)c3)c2c1[2H]. The maximum atomic E-state index is 9.92. The van der Waals surface area contributed by atoms with Crippen molar-refractivity contribution in [1.82, 2.24) is 9.13 Å². The molecule has 2 heteroatoms. The largest absolute Gasteiger partial charge is 0.309 e. The number of hydrogen-bond acceptors (Lipinski definition) is 0. The van der Waals surface area contributed by atoms with Crippen molar-refractivity contribution in [3.8, 4) is 67.0 Å². The first-order valence-electron chi connectivity index (χ1n) is 22.6. The van der Waals surface area contributed by atoms with Gasteiger partial charge < -0.3 is 9.13 Å². The highest BCUT2D eigenvalue weighted by Crippen LogP contribution is 2.40. The molecule has 0 saturated carbocycles. The molecule has 0 bridgehead atoms. The Bertz CT molecular complexity index is 3760.